The molecule has 1 heterocycles. The van der Waals surface area contributed by atoms with Crippen LogP contribution in [0, 0.1) is 0 Å². The molecule has 0 aliphatic carbocycles. The van der Waals surface area contributed by atoms with Crippen LogP contribution in [-0.2, 0) is 4.74 Å². The van der Waals surface area contributed by atoms with Gasteiger partial charge in [-0.3, -0.25) is 0 Å². The van der Waals surface area contributed by atoms with E-state index >= 15 is 0 Å². The molecule has 1 N–H and O–H groups in total. The Balaban J connectivity index is 2.18. The van der Waals surface area contributed by atoms with Crippen molar-refractivity contribution < 1.29 is 4.74 Å². The summed E-state index contributed by atoms with van der Waals surface area (Å²) in [5.41, 5.74) is 1.12. The molecule has 0 saturated carbocycles. The number of rotatable bonds is 1. The molecule has 1 aromatic carbocycles. The van der Waals surface area contributed by atoms with E-state index in [-0.39, 0.29) is 6.04 Å². The Morgan fingerprint density at radius 2 is 2.14 bits per heavy atom. The van der Waals surface area contributed by atoms with E-state index in [1.165, 1.54) is 0 Å². The number of hydrogen-bond acceptors (Lipinski definition) is 2. The molecule has 0 aromatic heterocycles. The minimum Gasteiger partial charge on any atom is -0.378 e. The molecule has 2 rings (SSSR count). The third-order valence-electron chi connectivity index (χ3n) is 2.27. The van der Waals surface area contributed by atoms with E-state index in [0.717, 1.165) is 18.7 Å². The van der Waals surface area contributed by atoms with Crippen molar-refractivity contribution in [3.63, 3.8) is 0 Å². The van der Waals surface area contributed by atoms with Crippen molar-refractivity contribution in [3.8, 4) is 0 Å². The molecule has 76 valence electrons. The average molecular weight is 232 g/mol. The lowest BCUT2D eigenvalue weighted by Crippen LogP contribution is -2.34. The second-order valence-electron chi connectivity index (χ2n) is 3.26. The molecule has 0 amide bonds. The Bertz CT molecular complexity index is 324. The van der Waals surface area contributed by atoms with Crippen LogP contribution in [-0.4, -0.2) is 19.8 Å². The maximum atomic E-state index is 5.93. The first-order valence-electron chi connectivity index (χ1n) is 4.53. The summed E-state index contributed by atoms with van der Waals surface area (Å²) in [7, 11) is 0. The van der Waals surface area contributed by atoms with Gasteiger partial charge >= 0.3 is 0 Å². The fourth-order valence-electron chi connectivity index (χ4n) is 1.51. The van der Waals surface area contributed by atoms with Gasteiger partial charge in [0.05, 0.1) is 29.3 Å². The monoisotopic (exact) mass is 231 g/mol. The summed E-state index contributed by atoms with van der Waals surface area (Å²) in [5, 5.41) is 4.54. The number of morpholine rings is 1. The Morgan fingerprint density at radius 3 is 2.79 bits per heavy atom. The highest BCUT2D eigenvalue weighted by molar-refractivity contribution is 6.42. The summed E-state index contributed by atoms with van der Waals surface area (Å²) >= 11 is 11.8. The molecule has 1 aliphatic rings. The number of hydrogen-bond donors (Lipinski definition) is 1. The van der Waals surface area contributed by atoms with Crippen LogP contribution in [0.25, 0.3) is 0 Å². The fourth-order valence-corrected chi connectivity index (χ4v) is 1.82. The lowest BCUT2D eigenvalue weighted by atomic mass is 10.1. The zero-order valence-corrected chi connectivity index (χ0v) is 9.11. The number of halogens is 2. The fraction of sp³-hybridized carbons (Fsp3) is 0.400. The van der Waals surface area contributed by atoms with Crippen molar-refractivity contribution in [2.45, 2.75) is 6.04 Å². The lowest BCUT2D eigenvalue weighted by Gasteiger charge is -2.24. The van der Waals surface area contributed by atoms with E-state index in [1.807, 2.05) is 18.2 Å². The largest absolute Gasteiger partial charge is 0.378 e. The maximum Gasteiger partial charge on any atom is 0.0662 e. The van der Waals surface area contributed by atoms with E-state index in [0.29, 0.717) is 16.7 Å². The van der Waals surface area contributed by atoms with Gasteiger partial charge in [-0.05, 0) is 17.7 Å². The summed E-state index contributed by atoms with van der Waals surface area (Å²) in [4.78, 5) is 0. The van der Waals surface area contributed by atoms with Gasteiger partial charge in [-0.15, -0.1) is 0 Å². The molecule has 0 bridgehead atoms. The van der Waals surface area contributed by atoms with Gasteiger partial charge in [0.1, 0.15) is 0 Å². The molecule has 4 heteroatoms. The van der Waals surface area contributed by atoms with Crippen molar-refractivity contribution in [1.82, 2.24) is 5.32 Å². The SMILES string of the molecule is Clc1ccc([C@H]2COCCN2)cc1Cl. The highest BCUT2D eigenvalue weighted by Crippen LogP contribution is 2.26. The van der Waals surface area contributed by atoms with Crippen molar-refractivity contribution in [3.05, 3.63) is 33.8 Å². The van der Waals surface area contributed by atoms with Gasteiger partial charge in [0.15, 0.2) is 0 Å². The summed E-state index contributed by atoms with van der Waals surface area (Å²) in [6.45, 7) is 2.35. The normalized spacial score (nSPS) is 22.3. The molecule has 1 aliphatic heterocycles. The summed E-state index contributed by atoms with van der Waals surface area (Å²) < 4.78 is 5.37. The smallest absolute Gasteiger partial charge is 0.0662 e. The van der Waals surface area contributed by atoms with Gasteiger partial charge in [-0.2, -0.15) is 0 Å². The summed E-state index contributed by atoms with van der Waals surface area (Å²) in [6, 6.07) is 5.91. The maximum absolute atomic E-state index is 5.93. The standard InChI is InChI=1S/C10H11Cl2NO/c11-8-2-1-7(5-9(8)12)10-6-14-4-3-13-10/h1-2,5,10,13H,3-4,6H2/t10-/m1/s1. The first-order chi connectivity index (χ1) is 6.77. The predicted octanol–water partition coefficient (Wildman–Crippen LogP) is 2.65. The van der Waals surface area contributed by atoms with Gasteiger partial charge in [0, 0.05) is 6.54 Å². The van der Waals surface area contributed by atoms with Gasteiger partial charge in [0.25, 0.3) is 0 Å². The topological polar surface area (TPSA) is 21.3 Å². The van der Waals surface area contributed by atoms with Gasteiger partial charge in [0.2, 0.25) is 0 Å². The van der Waals surface area contributed by atoms with Crippen LogP contribution in [0.15, 0.2) is 18.2 Å². The first kappa shape index (κ1) is 10.2. The van der Waals surface area contributed by atoms with Crippen LogP contribution in [0.4, 0.5) is 0 Å². The second-order valence-corrected chi connectivity index (χ2v) is 4.07. The molecule has 14 heavy (non-hydrogen) atoms. The van der Waals surface area contributed by atoms with E-state index < -0.39 is 0 Å². The summed E-state index contributed by atoms with van der Waals surface area (Å²) in [6.07, 6.45) is 0. The second kappa shape index (κ2) is 4.49. The predicted molar refractivity (Wildman–Crippen MR) is 58.0 cm³/mol. The molecule has 1 atom stereocenters. The number of ether oxygens (including phenoxy) is 1. The van der Waals surface area contributed by atoms with Crippen LogP contribution in [0.3, 0.4) is 0 Å². The van der Waals surface area contributed by atoms with Gasteiger partial charge in [-0.25, -0.2) is 0 Å². The van der Waals surface area contributed by atoms with Crippen LogP contribution in [0.1, 0.15) is 11.6 Å². The zero-order valence-electron chi connectivity index (χ0n) is 7.59. The third kappa shape index (κ3) is 2.20. The van der Waals surface area contributed by atoms with Crippen molar-refractivity contribution in [1.29, 1.82) is 0 Å². The van der Waals surface area contributed by atoms with Crippen molar-refractivity contribution in [2.24, 2.45) is 0 Å². The van der Waals surface area contributed by atoms with E-state index in [2.05, 4.69) is 5.32 Å². The molecule has 0 spiro atoms. The van der Waals surface area contributed by atoms with E-state index in [9.17, 15) is 0 Å². The Hall–Kier alpha value is -0.280. The average Bonchev–Trinajstić information content (AvgIpc) is 2.23. The minimum atomic E-state index is 0.235. The molecule has 2 nitrogen and oxygen atoms in total. The van der Waals surface area contributed by atoms with E-state index in [1.54, 1.807) is 0 Å². The number of nitrogens with one attached hydrogen (secondary N) is 1. The quantitative estimate of drug-likeness (QED) is 0.803. The van der Waals surface area contributed by atoms with E-state index in [4.69, 9.17) is 27.9 Å². The van der Waals surface area contributed by atoms with Gasteiger partial charge < -0.3 is 10.1 Å². The molecule has 1 fully saturated rings. The van der Waals surface area contributed by atoms with Crippen molar-refractivity contribution >= 4 is 23.2 Å². The summed E-state index contributed by atoms with van der Waals surface area (Å²) in [5.74, 6) is 0. The minimum absolute atomic E-state index is 0.235. The zero-order chi connectivity index (χ0) is 9.97. The Kier molecular flexibility index (Phi) is 3.29. The Labute approximate surface area is 93.2 Å². The molecule has 0 radical (unpaired) electrons. The first-order valence-corrected chi connectivity index (χ1v) is 5.29. The highest BCUT2D eigenvalue weighted by atomic mass is 35.5. The molecule has 0 unspecified atom stereocenters. The highest BCUT2D eigenvalue weighted by Gasteiger charge is 2.15. The van der Waals surface area contributed by atoms with Crippen LogP contribution < -0.4 is 5.32 Å². The third-order valence-corrected chi connectivity index (χ3v) is 3.01. The van der Waals surface area contributed by atoms with Crippen molar-refractivity contribution in [2.75, 3.05) is 19.8 Å². The molecule has 1 saturated heterocycles. The van der Waals surface area contributed by atoms with Gasteiger partial charge in [-0.1, -0.05) is 29.3 Å². The lowest BCUT2D eigenvalue weighted by molar-refractivity contribution is 0.0769. The molecular weight excluding hydrogens is 221 g/mol. The van der Waals surface area contributed by atoms with Crippen LogP contribution in [0.2, 0.25) is 10.0 Å². The van der Waals surface area contributed by atoms with Crippen LogP contribution in [0.5, 0.6) is 0 Å². The van der Waals surface area contributed by atoms with Crippen LogP contribution >= 0.6 is 23.2 Å². The number of benzene rings is 1. The Morgan fingerprint density at radius 1 is 1.29 bits per heavy atom. The molecule has 1 aromatic rings. The molecular formula is C10H11Cl2NO.